The second-order valence-electron chi connectivity index (χ2n) is 6.85. The molecule has 0 aliphatic heterocycles. The minimum atomic E-state index is -1.29. The lowest BCUT2D eigenvalue weighted by atomic mass is 9.92. The van der Waals surface area contributed by atoms with Crippen LogP contribution in [-0.2, 0) is 15.3 Å². The highest BCUT2D eigenvalue weighted by Crippen LogP contribution is 2.36. The van der Waals surface area contributed by atoms with Gasteiger partial charge in [0.05, 0.1) is 0 Å². The average Bonchev–Trinajstić information content (AvgIpc) is 2.77. The van der Waals surface area contributed by atoms with Crippen LogP contribution < -0.4 is 10.9 Å². The molecule has 6 nitrogen and oxygen atoms in total. The van der Waals surface area contributed by atoms with Gasteiger partial charge < -0.3 is 20.1 Å². The molecule has 150 valence electrons. The van der Waals surface area contributed by atoms with E-state index in [0.717, 1.165) is 16.6 Å². The second kappa shape index (κ2) is 8.23. The number of carboxylic acid groups (broad SMARTS) is 1. The van der Waals surface area contributed by atoms with Gasteiger partial charge in [-0.2, -0.15) is 0 Å². The number of aromatic nitrogens is 1. The van der Waals surface area contributed by atoms with Gasteiger partial charge in [-0.15, -0.1) is 0 Å². The van der Waals surface area contributed by atoms with Crippen LogP contribution in [0.25, 0.3) is 10.9 Å². The van der Waals surface area contributed by atoms with E-state index in [2.05, 4.69) is 10.3 Å². The number of fused-ring (bicyclic) bond motifs is 1. The molecule has 0 saturated carbocycles. The van der Waals surface area contributed by atoms with Crippen molar-refractivity contribution in [2.24, 2.45) is 0 Å². The highest BCUT2D eigenvalue weighted by atomic mass is 16.5. The minimum Gasteiger partial charge on any atom is -0.480 e. The summed E-state index contributed by atoms with van der Waals surface area (Å²) in [5.41, 5.74) is 1.28. The number of H-pyrrole nitrogens is 1. The maximum Gasteiger partial charge on any atom is 0.329 e. The number of nitrogens with one attached hydrogen (secondary N) is 2. The highest BCUT2D eigenvalue weighted by molar-refractivity contribution is 5.79. The van der Waals surface area contributed by atoms with Crippen LogP contribution in [0, 0.1) is 0 Å². The molecule has 0 radical (unpaired) electrons. The first-order chi connectivity index (χ1) is 14.6. The maximum absolute atomic E-state index is 11.8. The van der Waals surface area contributed by atoms with Crippen molar-refractivity contribution in [2.75, 3.05) is 11.9 Å². The third kappa shape index (κ3) is 3.94. The Kier molecular flexibility index (Phi) is 5.32. The summed E-state index contributed by atoms with van der Waals surface area (Å²) in [6.07, 6.45) is 0. The molecule has 0 bridgehead atoms. The van der Waals surface area contributed by atoms with Crippen molar-refractivity contribution in [2.45, 2.75) is 5.72 Å². The zero-order chi connectivity index (χ0) is 21.0. The molecule has 6 heteroatoms. The highest BCUT2D eigenvalue weighted by Gasteiger charge is 2.36. The fourth-order valence-corrected chi connectivity index (χ4v) is 3.45. The van der Waals surface area contributed by atoms with Crippen molar-refractivity contribution >= 4 is 22.6 Å². The van der Waals surface area contributed by atoms with Crippen molar-refractivity contribution in [1.82, 2.24) is 4.98 Å². The molecule has 1 atom stereocenters. The van der Waals surface area contributed by atoms with Gasteiger partial charge in [-0.1, -0.05) is 60.7 Å². The van der Waals surface area contributed by atoms with Crippen LogP contribution in [0.2, 0.25) is 0 Å². The molecular formula is C24H20N2O4. The smallest absolute Gasteiger partial charge is 0.329 e. The van der Waals surface area contributed by atoms with Crippen molar-refractivity contribution in [3.8, 4) is 0 Å². The first kappa shape index (κ1) is 19.4. The van der Waals surface area contributed by atoms with E-state index in [0.29, 0.717) is 11.1 Å². The fraction of sp³-hybridized carbons (Fsp3) is 0.0833. The lowest BCUT2D eigenvalue weighted by Crippen LogP contribution is -2.41. The maximum atomic E-state index is 11.8. The van der Waals surface area contributed by atoms with Crippen LogP contribution in [0.5, 0.6) is 0 Å². The topological polar surface area (TPSA) is 91.4 Å². The van der Waals surface area contributed by atoms with E-state index in [1.807, 2.05) is 78.9 Å². The number of benzene rings is 3. The number of carbonyl (C=O) groups is 1. The summed E-state index contributed by atoms with van der Waals surface area (Å²) in [7, 11) is 0. The van der Waals surface area contributed by atoms with Gasteiger partial charge in [0.15, 0.2) is 5.72 Å². The molecule has 1 aromatic heterocycles. The molecule has 0 spiro atoms. The van der Waals surface area contributed by atoms with Gasteiger partial charge in [0.2, 0.25) is 5.56 Å². The van der Waals surface area contributed by atoms with Gasteiger partial charge >= 0.3 is 5.97 Å². The predicted molar refractivity (Wildman–Crippen MR) is 115 cm³/mol. The number of para-hydroxylation sites is 1. The Morgan fingerprint density at radius 3 is 2.27 bits per heavy atom. The van der Waals surface area contributed by atoms with Gasteiger partial charge in [0.1, 0.15) is 6.61 Å². The molecule has 3 aromatic carbocycles. The second-order valence-corrected chi connectivity index (χ2v) is 6.85. The van der Waals surface area contributed by atoms with E-state index in [4.69, 9.17) is 4.74 Å². The number of aromatic amines is 1. The SMILES string of the molecule is O=C(O)COC(Nc1ccccc1)(c1ccccc1)c1ccc2ccc(=O)[nH]c2c1. The normalized spacial score (nSPS) is 12.9. The molecule has 30 heavy (non-hydrogen) atoms. The van der Waals surface area contributed by atoms with Crippen LogP contribution in [0.4, 0.5) is 5.69 Å². The van der Waals surface area contributed by atoms with E-state index < -0.39 is 18.3 Å². The van der Waals surface area contributed by atoms with Crippen molar-refractivity contribution in [3.63, 3.8) is 0 Å². The molecular weight excluding hydrogens is 380 g/mol. The minimum absolute atomic E-state index is 0.215. The van der Waals surface area contributed by atoms with Gasteiger partial charge in [-0.3, -0.25) is 4.79 Å². The number of hydrogen-bond acceptors (Lipinski definition) is 4. The predicted octanol–water partition coefficient (Wildman–Crippen LogP) is 3.94. The number of anilines is 1. The van der Waals surface area contributed by atoms with Crippen molar-refractivity contribution < 1.29 is 14.6 Å². The Labute approximate surface area is 172 Å². The van der Waals surface area contributed by atoms with Crippen molar-refractivity contribution in [3.05, 3.63) is 112 Å². The molecule has 0 fully saturated rings. The number of pyridine rings is 1. The first-order valence-electron chi connectivity index (χ1n) is 9.45. The third-order valence-electron chi connectivity index (χ3n) is 4.82. The van der Waals surface area contributed by atoms with E-state index in [9.17, 15) is 14.7 Å². The number of rotatable bonds is 7. The Morgan fingerprint density at radius 2 is 1.57 bits per heavy atom. The summed E-state index contributed by atoms with van der Waals surface area (Å²) in [6.45, 7) is -0.516. The number of hydrogen-bond donors (Lipinski definition) is 3. The monoisotopic (exact) mass is 400 g/mol. The summed E-state index contributed by atoms with van der Waals surface area (Å²) in [5, 5.41) is 13.6. The lowest BCUT2D eigenvalue weighted by molar-refractivity contribution is -0.146. The standard InChI is InChI=1S/C24H20N2O4/c27-22-14-12-17-11-13-19(15-21(17)25-22)24(30-16-23(28)29,18-7-3-1-4-8-18)26-20-9-5-2-6-10-20/h1-15,26H,16H2,(H,25,27)(H,28,29). The van der Waals surface area contributed by atoms with Gasteiger partial charge in [0, 0.05) is 28.4 Å². The summed E-state index contributed by atoms with van der Waals surface area (Å²) in [5.74, 6) is -1.08. The van der Waals surface area contributed by atoms with E-state index in [1.165, 1.54) is 6.07 Å². The van der Waals surface area contributed by atoms with Crippen LogP contribution in [-0.4, -0.2) is 22.7 Å². The quantitative estimate of drug-likeness (QED) is 0.409. The van der Waals surface area contributed by atoms with Gasteiger partial charge in [-0.25, -0.2) is 4.79 Å². The summed E-state index contributed by atoms with van der Waals surface area (Å²) in [6, 6.07) is 27.5. The molecule has 4 rings (SSSR count). The van der Waals surface area contributed by atoms with E-state index in [-0.39, 0.29) is 5.56 Å². The Bertz CT molecular complexity index is 1220. The van der Waals surface area contributed by atoms with E-state index >= 15 is 0 Å². The van der Waals surface area contributed by atoms with Gasteiger partial charge in [0.25, 0.3) is 0 Å². The zero-order valence-corrected chi connectivity index (χ0v) is 16.0. The zero-order valence-electron chi connectivity index (χ0n) is 16.0. The molecule has 4 aromatic rings. The van der Waals surface area contributed by atoms with Gasteiger partial charge in [-0.05, 0) is 29.7 Å². The number of ether oxygens (including phenoxy) is 1. The Morgan fingerprint density at radius 1 is 0.900 bits per heavy atom. The van der Waals surface area contributed by atoms with Crippen LogP contribution in [0.1, 0.15) is 11.1 Å². The molecule has 0 saturated heterocycles. The molecule has 1 unspecified atom stereocenters. The third-order valence-corrected chi connectivity index (χ3v) is 4.82. The molecule has 0 aliphatic rings. The molecule has 1 heterocycles. The summed E-state index contributed by atoms with van der Waals surface area (Å²) < 4.78 is 6.04. The Balaban J connectivity index is 1.94. The lowest BCUT2D eigenvalue weighted by Gasteiger charge is -2.36. The van der Waals surface area contributed by atoms with Crippen LogP contribution in [0.15, 0.2) is 95.8 Å². The summed E-state index contributed by atoms with van der Waals surface area (Å²) in [4.78, 5) is 26.1. The molecule has 0 amide bonds. The van der Waals surface area contributed by atoms with Crippen molar-refractivity contribution in [1.29, 1.82) is 0 Å². The fourth-order valence-electron chi connectivity index (χ4n) is 3.45. The average molecular weight is 400 g/mol. The number of carboxylic acids is 1. The van der Waals surface area contributed by atoms with Crippen LogP contribution in [0.3, 0.4) is 0 Å². The molecule has 3 N–H and O–H groups in total. The Hall–Kier alpha value is -3.90. The largest absolute Gasteiger partial charge is 0.480 e. The van der Waals surface area contributed by atoms with E-state index in [1.54, 1.807) is 6.07 Å². The molecule has 0 aliphatic carbocycles. The first-order valence-corrected chi connectivity index (χ1v) is 9.45. The summed E-state index contributed by atoms with van der Waals surface area (Å²) >= 11 is 0. The van der Waals surface area contributed by atoms with Crippen LogP contribution >= 0.6 is 0 Å². The number of aliphatic carboxylic acids is 1.